The quantitative estimate of drug-likeness (QED) is 0.245. The van der Waals surface area contributed by atoms with Crippen LogP contribution in [0.25, 0.3) is 61.7 Å². The molecule has 1 aliphatic rings. The lowest BCUT2D eigenvalue weighted by atomic mass is 9.74. The Bertz CT molecular complexity index is 2060. The summed E-state index contributed by atoms with van der Waals surface area (Å²) in [6.45, 7) is 4.58. The van der Waals surface area contributed by atoms with Crippen LogP contribution in [0.2, 0.25) is 0 Å². The molecule has 0 unspecified atom stereocenters. The molecule has 6 heteroatoms. The molecule has 0 bridgehead atoms. The van der Waals surface area contributed by atoms with Crippen molar-refractivity contribution in [2.75, 3.05) is 0 Å². The number of nitrogens with zero attached hydrogens (tertiary/aromatic N) is 6. The molecule has 190 valence electrons. The number of hydrogen-bond donors (Lipinski definition) is 0. The minimum Gasteiger partial charge on any atom is -0.305 e. The average Bonchev–Trinajstić information content (AvgIpc) is 3.34. The van der Waals surface area contributed by atoms with Crippen molar-refractivity contribution in [3.63, 3.8) is 0 Å². The van der Waals surface area contributed by atoms with Crippen LogP contribution in [-0.2, 0) is 5.41 Å². The molecule has 0 aliphatic carbocycles. The van der Waals surface area contributed by atoms with Crippen LogP contribution in [-0.4, -0.2) is 29.5 Å². The van der Waals surface area contributed by atoms with E-state index < -0.39 is 0 Å². The normalized spacial score (nSPS) is 13.4. The number of benzene rings is 1. The molecule has 0 N–H and O–H groups in total. The van der Waals surface area contributed by atoms with E-state index in [1.807, 2.05) is 67.1 Å². The standard InChI is InChI=1S/C34H24N6/c1-34(2)23-19-29(27-11-5-8-16-37-27)38-20-31(23)40-30-13-12-28(26-10-4-7-15-36-26)39-32(30)22-17-21(18-24(34)33(22)40)25-9-3-6-14-35-25/h3-20H,1-2H3. The Morgan fingerprint density at radius 2 is 1.27 bits per heavy atom. The summed E-state index contributed by atoms with van der Waals surface area (Å²) in [6, 6.07) is 28.8. The summed E-state index contributed by atoms with van der Waals surface area (Å²) in [7, 11) is 0. The average molecular weight is 517 g/mol. The molecule has 0 saturated carbocycles. The van der Waals surface area contributed by atoms with Gasteiger partial charge in [0.1, 0.15) is 0 Å². The smallest absolute Gasteiger partial charge is 0.0972 e. The van der Waals surface area contributed by atoms with E-state index in [1.54, 1.807) is 6.20 Å². The van der Waals surface area contributed by atoms with Gasteiger partial charge in [0.15, 0.2) is 0 Å². The van der Waals surface area contributed by atoms with Gasteiger partial charge in [-0.3, -0.25) is 19.9 Å². The molecule has 6 nitrogen and oxygen atoms in total. The van der Waals surface area contributed by atoms with Crippen molar-refractivity contribution >= 4 is 21.9 Å². The molecule has 40 heavy (non-hydrogen) atoms. The van der Waals surface area contributed by atoms with E-state index in [-0.39, 0.29) is 5.41 Å². The van der Waals surface area contributed by atoms with Crippen molar-refractivity contribution in [3.05, 3.63) is 121 Å². The van der Waals surface area contributed by atoms with E-state index in [0.717, 1.165) is 61.7 Å². The van der Waals surface area contributed by atoms with E-state index in [0.29, 0.717) is 0 Å². The third-order valence-electron chi connectivity index (χ3n) is 7.99. The van der Waals surface area contributed by atoms with E-state index in [9.17, 15) is 0 Å². The fourth-order valence-electron chi connectivity index (χ4n) is 6.00. The van der Waals surface area contributed by atoms with Crippen molar-refractivity contribution < 1.29 is 0 Å². The van der Waals surface area contributed by atoms with Gasteiger partial charge in [-0.2, -0.15) is 0 Å². The Morgan fingerprint density at radius 3 is 1.95 bits per heavy atom. The van der Waals surface area contributed by atoms with E-state index in [4.69, 9.17) is 15.0 Å². The van der Waals surface area contributed by atoms with E-state index in [1.165, 1.54) is 11.1 Å². The Balaban J connectivity index is 1.48. The molecule has 7 heterocycles. The second kappa shape index (κ2) is 8.38. The van der Waals surface area contributed by atoms with Crippen LogP contribution in [0.5, 0.6) is 0 Å². The Kier molecular flexibility index (Phi) is 4.76. The predicted molar refractivity (Wildman–Crippen MR) is 158 cm³/mol. The van der Waals surface area contributed by atoms with Crippen LogP contribution in [0.3, 0.4) is 0 Å². The van der Waals surface area contributed by atoms with Crippen LogP contribution < -0.4 is 0 Å². The predicted octanol–water partition coefficient (Wildman–Crippen LogP) is 7.40. The van der Waals surface area contributed by atoms with Gasteiger partial charge in [-0.05, 0) is 77.9 Å². The number of fused-ring (bicyclic) bond motifs is 5. The molecule has 1 aromatic carbocycles. The molecule has 0 fully saturated rings. The third-order valence-corrected chi connectivity index (χ3v) is 7.99. The molecule has 0 saturated heterocycles. The maximum Gasteiger partial charge on any atom is 0.0972 e. The van der Waals surface area contributed by atoms with Crippen LogP contribution in [0, 0.1) is 0 Å². The van der Waals surface area contributed by atoms with Crippen molar-refractivity contribution in [2.45, 2.75) is 19.3 Å². The number of hydrogen-bond acceptors (Lipinski definition) is 5. The number of rotatable bonds is 3. The molecule has 1 aliphatic heterocycles. The first-order chi connectivity index (χ1) is 19.6. The SMILES string of the molecule is CC1(C)c2cc(-c3ccccn3)ncc2-n2c3ccc(-c4ccccn4)nc3c3cc(-c4ccccn4)cc1c32. The van der Waals surface area contributed by atoms with E-state index >= 15 is 0 Å². The molecular weight excluding hydrogens is 492 g/mol. The van der Waals surface area contributed by atoms with Crippen molar-refractivity contribution in [2.24, 2.45) is 0 Å². The maximum atomic E-state index is 5.20. The Labute approximate surface area is 231 Å². The molecule has 8 rings (SSSR count). The van der Waals surface area contributed by atoms with Gasteiger partial charge < -0.3 is 4.57 Å². The zero-order valence-corrected chi connectivity index (χ0v) is 22.1. The van der Waals surface area contributed by atoms with E-state index in [2.05, 4.69) is 64.8 Å². The monoisotopic (exact) mass is 516 g/mol. The summed E-state index contributed by atoms with van der Waals surface area (Å²) in [5.74, 6) is 0. The highest BCUT2D eigenvalue weighted by Crippen LogP contribution is 2.49. The van der Waals surface area contributed by atoms with Gasteiger partial charge in [0.25, 0.3) is 0 Å². The van der Waals surface area contributed by atoms with Gasteiger partial charge in [-0.15, -0.1) is 0 Å². The van der Waals surface area contributed by atoms with Crippen LogP contribution in [0.15, 0.2) is 110 Å². The molecule has 0 amide bonds. The van der Waals surface area contributed by atoms with Gasteiger partial charge in [-0.1, -0.05) is 32.0 Å². The Morgan fingerprint density at radius 1 is 0.600 bits per heavy atom. The van der Waals surface area contributed by atoms with Crippen molar-refractivity contribution in [3.8, 4) is 39.7 Å². The minimum atomic E-state index is -0.307. The highest BCUT2D eigenvalue weighted by molar-refractivity contribution is 6.11. The largest absolute Gasteiger partial charge is 0.305 e. The van der Waals surface area contributed by atoms with Gasteiger partial charge in [0.2, 0.25) is 0 Å². The first-order valence-electron chi connectivity index (χ1n) is 13.3. The van der Waals surface area contributed by atoms with Gasteiger partial charge in [-0.25, -0.2) is 4.98 Å². The lowest BCUT2D eigenvalue weighted by Crippen LogP contribution is -2.26. The first-order valence-corrected chi connectivity index (χ1v) is 13.3. The third kappa shape index (κ3) is 3.26. The second-order valence-corrected chi connectivity index (χ2v) is 10.7. The highest BCUT2D eigenvalue weighted by Gasteiger charge is 2.37. The van der Waals surface area contributed by atoms with Crippen LogP contribution in [0.1, 0.15) is 25.0 Å². The molecule has 6 aromatic heterocycles. The molecular formula is C34H24N6. The summed E-state index contributed by atoms with van der Waals surface area (Å²) in [5, 5.41) is 1.10. The summed E-state index contributed by atoms with van der Waals surface area (Å²) < 4.78 is 2.33. The van der Waals surface area contributed by atoms with Crippen molar-refractivity contribution in [1.82, 2.24) is 29.5 Å². The summed E-state index contributed by atoms with van der Waals surface area (Å²) in [5.41, 5.74) is 11.7. The van der Waals surface area contributed by atoms with Crippen LogP contribution >= 0.6 is 0 Å². The van der Waals surface area contributed by atoms with Gasteiger partial charge in [0, 0.05) is 35.0 Å². The molecule has 7 aromatic rings. The zero-order chi connectivity index (χ0) is 26.8. The zero-order valence-electron chi connectivity index (χ0n) is 22.1. The fraction of sp³-hybridized carbons (Fsp3) is 0.0882. The summed E-state index contributed by atoms with van der Waals surface area (Å²) >= 11 is 0. The van der Waals surface area contributed by atoms with Gasteiger partial charge in [0.05, 0.1) is 56.9 Å². The second-order valence-electron chi connectivity index (χ2n) is 10.7. The van der Waals surface area contributed by atoms with Crippen LogP contribution in [0.4, 0.5) is 0 Å². The lowest BCUT2D eigenvalue weighted by molar-refractivity contribution is 0.629. The highest BCUT2D eigenvalue weighted by atomic mass is 15.0. The minimum absolute atomic E-state index is 0.307. The maximum absolute atomic E-state index is 5.20. The van der Waals surface area contributed by atoms with Crippen molar-refractivity contribution in [1.29, 1.82) is 0 Å². The summed E-state index contributed by atoms with van der Waals surface area (Å²) in [6.07, 6.45) is 7.45. The molecule has 0 atom stereocenters. The van der Waals surface area contributed by atoms with Gasteiger partial charge >= 0.3 is 0 Å². The topological polar surface area (TPSA) is 69.4 Å². The Hall–Kier alpha value is -5.23. The number of pyridine rings is 5. The summed E-state index contributed by atoms with van der Waals surface area (Å²) in [4.78, 5) is 23.9. The lowest BCUT2D eigenvalue weighted by Gasteiger charge is -2.35. The number of aromatic nitrogens is 6. The first kappa shape index (κ1) is 22.7. The molecule has 0 spiro atoms. The fourth-order valence-corrected chi connectivity index (χ4v) is 6.00. The molecule has 0 radical (unpaired) electrons.